The molecule has 1 aliphatic heterocycles. The van der Waals surface area contributed by atoms with Crippen LogP contribution in [0.5, 0.6) is 0 Å². The van der Waals surface area contributed by atoms with Crippen molar-refractivity contribution in [2.45, 2.75) is 25.3 Å². The van der Waals surface area contributed by atoms with Crippen LogP contribution in [0.3, 0.4) is 0 Å². The molecule has 170 valence electrons. The fourth-order valence-corrected chi connectivity index (χ4v) is 5.32. The standard InChI is InChI=1S/C29H28N4O/c34-29-24-11-5-7-13-27(24)31-28(22-8-2-1-3-9-22)33(29)19-18-32-16-14-21(15-17-32)25-20-30-26-12-6-4-10-23(25)26/h1-13,20-21,30H,14-19H2. The number of hydrogen-bond donors (Lipinski definition) is 1. The molecule has 0 aliphatic carbocycles. The average Bonchev–Trinajstić information content (AvgIpc) is 3.33. The summed E-state index contributed by atoms with van der Waals surface area (Å²) >= 11 is 0. The largest absolute Gasteiger partial charge is 0.361 e. The molecule has 0 amide bonds. The smallest absolute Gasteiger partial charge is 0.261 e. The molecular formula is C29H28N4O. The summed E-state index contributed by atoms with van der Waals surface area (Å²) in [6, 6.07) is 26.3. The summed E-state index contributed by atoms with van der Waals surface area (Å²) in [6.45, 7) is 3.57. The number of piperidine rings is 1. The van der Waals surface area contributed by atoms with Crippen LogP contribution >= 0.6 is 0 Å². The van der Waals surface area contributed by atoms with Crippen LogP contribution in [0, 0.1) is 0 Å². The normalized spacial score (nSPS) is 15.3. The molecule has 1 aliphatic rings. The lowest BCUT2D eigenvalue weighted by Crippen LogP contribution is -2.37. The summed E-state index contributed by atoms with van der Waals surface area (Å²) in [6.07, 6.45) is 4.47. The minimum atomic E-state index is 0.0399. The molecule has 3 aromatic carbocycles. The lowest BCUT2D eigenvalue weighted by atomic mass is 9.89. The number of fused-ring (bicyclic) bond motifs is 2. The summed E-state index contributed by atoms with van der Waals surface area (Å²) in [7, 11) is 0. The lowest BCUT2D eigenvalue weighted by Gasteiger charge is -2.32. The van der Waals surface area contributed by atoms with Gasteiger partial charge in [0.1, 0.15) is 5.82 Å². The first-order chi connectivity index (χ1) is 16.8. The van der Waals surface area contributed by atoms with Crippen molar-refractivity contribution < 1.29 is 0 Å². The molecule has 1 fully saturated rings. The van der Waals surface area contributed by atoms with Crippen molar-refractivity contribution in [2.75, 3.05) is 19.6 Å². The van der Waals surface area contributed by atoms with Crippen LogP contribution in [0.4, 0.5) is 0 Å². The second kappa shape index (κ2) is 8.92. The molecule has 0 atom stereocenters. The highest BCUT2D eigenvalue weighted by Gasteiger charge is 2.23. The van der Waals surface area contributed by atoms with Crippen molar-refractivity contribution in [3.05, 3.63) is 101 Å². The topological polar surface area (TPSA) is 53.9 Å². The number of aromatic amines is 1. The molecule has 1 N–H and O–H groups in total. The molecule has 0 spiro atoms. The predicted octanol–water partition coefficient (Wildman–Crippen LogP) is 5.42. The maximum Gasteiger partial charge on any atom is 0.261 e. The van der Waals surface area contributed by atoms with Crippen molar-refractivity contribution in [1.29, 1.82) is 0 Å². The van der Waals surface area contributed by atoms with Gasteiger partial charge in [0.15, 0.2) is 0 Å². The highest BCUT2D eigenvalue weighted by atomic mass is 16.1. The van der Waals surface area contributed by atoms with Gasteiger partial charge in [-0.25, -0.2) is 4.98 Å². The molecular weight excluding hydrogens is 420 g/mol. The van der Waals surface area contributed by atoms with Crippen LogP contribution < -0.4 is 5.56 Å². The number of benzene rings is 3. The monoisotopic (exact) mass is 448 g/mol. The summed E-state index contributed by atoms with van der Waals surface area (Å²) < 4.78 is 1.86. The number of likely N-dealkylation sites (tertiary alicyclic amines) is 1. The zero-order valence-electron chi connectivity index (χ0n) is 19.2. The number of nitrogens with zero attached hydrogens (tertiary/aromatic N) is 3. The molecule has 0 radical (unpaired) electrons. The van der Waals surface area contributed by atoms with E-state index in [-0.39, 0.29) is 5.56 Å². The Morgan fingerprint density at radius 3 is 2.35 bits per heavy atom. The van der Waals surface area contributed by atoms with Gasteiger partial charge in [0.05, 0.1) is 10.9 Å². The van der Waals surface area contributed by atoms with E-state index in [4.69, 9.17) is 4.98 Å². The first-order valence-electron chi connectivity index (χ1n) is 12.1. The maximum absolute atomic E-state index is 13.4. The summed E-state index contributed by atoms with van der Waals surface area (Å²) in [5.41, 5.74) is 4.43. The highest BCUT2D eigenvalue weighted by molar-refractivity contribution is 5.83. The van der Waals surface area contributed by atoms with Crippen molar-refractivity contribution >= 4 is 21.8 Å². The van der Waals surface area contributed by atoms with Crippen LogP contribution in [0.25, 0.3) is 33.2 Å². The molecule has 5 nitrogen and oxygen atoms in total. The van der Waals surface area contributed by atoms with Crippen LogP contribution in [0.1, 0.15) is 24.3 Å². The van der Waals surface area contributed by atoms with Gasteiger partial charge in [0, 0.05) is 35.8 Å². The molecule has 3 heterocycles. The van der Waals surface area contributed by atoms with Crippen molar-refractivity contribution in [2.24, 2.45) is 0 Å². The fraction of sp³-hybridized carbons (Fsp3) is 0.241. The van der Waals surface area contributed by atoms with E-state index in [9.17, 15) is 4.79 Å². The Balaban J connectivity index is 1.22. The molecule has 5 aromatic rings. The molecule has 34 heavy (non-hydrogen) atoms. The van der Waals surface area contributed by atoms with Crippen molar-refractivity contribution in [1.82, 2.24) is 19.4 Å². The molecule has 0 saturated carbocycles. The van der Waals surface area contributed by atoms with Gasteiger partial charge in [-0.15, -0.1) is 0 Å². The summed E-state index contributed by atoms with van der Waals surface area (Å²) in [5.74, 6) is 1.33. The zero-order chi connectivity index (χ0) is 22.9. The van der Waals surface area contributed by atoms with Gasteiger partial charge in [-0.1, -0.05) is 60.7 Å². The second-order valence-electron chi connectivity index (χ2n) is 9.18. The van der Waals surface area contributed by atoms with Crippen LogP contribution in [0.15, 0.2) is 89.9 Å². The van der Waals surface area contributed by atoms with E-state index in [1.165, 1.54) is 16.5 Å². The number of para-hydroxylation sites is 2. The first kappa shape index (κ1) is 20.9. The first-order valence-corrected chi connectivity index (χ1v) is 12.1. The lowest BCUT2D eigenvalue weighted by molar-refractivity contribution is 0.205. The fourth-order valence-electron chi connectivity index (χ4n) is 5.32. The summed E-state index contributed by atoms with van der Waals surface area (Å²) in [5, 5.41) is 2.03. The third kappa shape index (κ3) is 3.82. The third-order valence-electron chi connectivity index (χ3n) is 7.18. The zero-order valence-corrected chi connectivity index (χ0v) is 19.2. The van der Waals surface area contributed by atoms with Gasteiger partial charge >= 0.3 is 0 Å². The van der Waals surface area contributed by atoms with E-state index in [0.29, 0.717) is 17.8 Å². The number of rotatable bonds is 5. The van der Waals surface area contributed by atoms with Crippen LogP contribution in [0.2, 0.25) is 0 Å². The van der Waals surface area contributed by atoms with E-state index in [2.05, 4.69) is 40.3 Å². The Morgan fingerprint density at radius 1 is 0.824 bits per heavy atom. The molecule has 6 rings (SSSR count). The molecule has 2 aromatic heterocycles. The Bertz CT molecular complexity index is 1490. The molecule has 1 saturated heterocycles. The highest BCUT2D eigenvalue weighted by Crippen LogP contribution is 2.33. The SMILES string of the molecule is O=c1c2ccccc2nc(-c2ccccc2)n1CCN1CCC(c2c[nH]c3ccccc23)CC1. The van der Waals surface area contributed by atoms with Gasteiger partial charge in [-0.05, 0) is 55.6 Å². The Labute approximate surface area is 198 Å². The predicted molar refractivity (Wildman–Crippen MR) is 138 cm³/mol. The molecule has 0 unspecified atom stereocenters. The second-order valence-corrected chi connectivity index (χ2v) is 9.18. The third-order valence-corrected chi connectivity index (χ3v) is 7.18. The number of H-pyrrole nitrogens is 1. The van der Waals surface area contributed by atoms with E-state index in [0.717, 1.165) is 49.4 Å². The Hall–Kier alpha value is -3.70. The van der Waals surface area contributed by atoms with Gasteiger partial charge in [0.2, 0.25) is 0 Å². The number of hydrogen-bond acceptors (Lipinski definition) is 3. The molecule has 0 bridgehead atoms. The minimum absolute atomic E-state index is 0.0399. The van der Waals surface area contributed by atoms with Gasteiger partial charge in [-0.2, -0.15) is 0 Å². The van der Waals surface area contributed by atoms with Gasteiger partial charge in [-0.3, -0.25) is 9.36 Å². The van der Waals surface area contributed by atoms with Crippen LogP contribution in [-0.2, 0) is 6.54 Å². The number of nitrogens with one attached hydrogen (secondary N) is 1. The summed E-state index contributed by atoms with van der Waals surface area (Å²) in [4.78, 5) is 24.2. The average molecular weight is 449 g/mol. The van der Waals surface area contributed by atoms with Gasteiger partial charge in [0.25, 0.3) is 5.56 Å². The Kier molecular flexibility index (Phi) is 5.47. The van der Waals surface area contributed by atoms with E-state index in [1.54, 1.807) is 0 Å². The van der Waals surface area contributed by atoms with Crippen molar-refractivity contribution in [3.63, 3.8) is 0 Å². The van der Waals surface area contributed by atoms with Gasteiger partial charge < -0.3 is 9.88 Å². The van der Waals surface area contributed by atoms with E-state index in [1.807, 2.05) is 59.2 Å². The van der Waals surface area contributed by atoms with E-state index >= 15 is 0 Å². The minimum Gasteiger partial charge on any atom is -0.361 e. The Morgan fingerprint density at radius 2 is 1.53 bits per heavy atom. The molecule has 5 heteroatoms. The van der Waals surface area contributed by atoms with Crippen LogP contribution in [-0.4, -0.2) is 39.1 Å². The maximum atomic E-state index is 13.4. The van der Waals surface area contributed by atoms with E-state index < -0.39 is 0 Å². The van der Waals surface area contributed by atoms with Crippen molar-refractivity contribution in [3.8, 4) is 11.4 Å². The quantitative estimate of drug-likeness (QED) is 0.390. The number of aromatic nitrogens is 3.